The Hall–Kier alpha value is -1.59. The molecule has 26 heavy (non-hydrogen) atoms. The first-order valence-electron chi connectivity index (χ1n) is 10.1. The monoisotopic (exact) mass is 357 g/mol. The van der Waals surface area contributed by atoms with Crippen molar-refractivity contribution in [1.82, 2.24) is 20.4 Å². The minimum atomic E-state index is 0.286. The maximum Gasteiger partial charge on any atom is 0.191 e. The summed E-state index contributed by atoms with van der Waals surface area (Å²) in [5.74, 6) is 0.930. The molecule has 1 aromatic carbocycles. The topological polar surface area (TPSA) is 42.9 Å². The normalized spacial score (nSPS) is 21.7. The molecule has 1 aromatic rings. The number of hydrogen-bond donors (Lipinski definition) is 2. The van der Waals surface area contributed by atoms with Crippen molar-refractivity contribution in [1.29, 1.82) is 0 Å². The molecule has 0 atom stereocenters. The lowest BCUT2D eigenvalue weighted by Crippen LogP contribution is -2.49. The van der Waals surface area contributed by atoms with Crippen LogP contribution < -0.4 is 10.6 Å². The van der Waals surface area contributed by atoms with Gasteiger partial charge in [-0.1, -0.05) is 36.8 Å². The quantitative estimate of drug-likeness (QED) is 0.603. The van der Waals surface area contributed by atoms with E-state index in [-0.39, 0.29) is 5.41 Å². The molecule has 2 N–H and O–H groups in total. The first-order chi connectivity index (χ1) is 12.7. The van der Waals surface area contributed by atoms with Crippen molar-refractivity contribution in [2.45, 2.75) is 31.1 Å². The van der Waals surface area contributed by atoms with Crippen molar-refractivity contribution in [2.24, 2.45) is 4.99 Å². The zero-order valence-electron chi connectivity index (χ0n) is 16.5. The van der Waals surface area contributed by atoms with Gasteiger partial charge >= 0.3 is 0 Å². The lowest BCUT2D eigenvalue weighted by molar-refractivity contribution is 0.243. The van der Waals surface area contributed by atoms with E-state index in [0.29, 0.717) is 0 Å². The van der Waals surface area contributed by atoms with Crippen molar-refractivity contribution < 1.29 is 0 Å². The predicted octanol–water partition coefficient (Wildman–Crippen LogP) is 1.91. The van der Waals surface area contributed by atoms with Crippen LogP contribution in [0.25, 0.3) is 0 Å². The Morgan fingerprint density at radius 2 is 1.85 bits per heavy atom. The Morgan fingerprint density at radius 1 is 1.04 bits per heavy atom. The van der Waals surface area contributed by atoms with Gasteiger partial charge in [0.05, 0.1) is 0 Å². The maximum absolute atomic E-state index is 4.42. The van der Waals surface area contributed by atoms with Crippen LogP contribution in [0.3, 0.4) is 0 Å². The van der Waals surface area contributed by atoms with E-state index in [4.69, 9.17) is 0 Å². The van der Waals surface area contributed by atoms with E-state index in [1.165, 1.54) is 57.4 Å². The van der Waals surface area contributed by atoms with Crippen LogP contribution in [0.15, 0.2) is 35.3 Å². The van der Waals surface area contributed by atoms with E-state index in [0.717, 1.165) is 25.6 Å². The Bertz CT molecular complexity index is 567. The fourth-order valence-corrected chi connectivity index (χ4v) is 4.09. The number of rotatable bonds is 6. The van der Waals surface area contributed by atoms with Crippen molar-refractivity contribution in [3.05, 3.63) is 35.9 Å². The molecule has 3 rings (SSSR count). The highest BCUT2D eigenvalue weighted by molar-refractivity contribution is 5.79. The van der Waals surface area contributed by atoms with Gasteiger partial charge < -0.3 is 20.4 Å². The van der Waals surface area contributed by atoms with Gasteiger partial charge in [-0.3, -0.25) is 4.99 Å². The number of nitrogens with zero attached hydrogens (tertiary/aromatic N) is 3. The number of hydrogen-bond acceptors (Lipinski definition) is 3. The smallest absolute Gasteiger partial charge is 0.191 e. The number of nitrogens with one attached hydrogen (secondary N) is 2. The number of guanidine groups is 1. The van der Waals surface area contributed by atoms with Gasteiger partial charge in [0.2, 0.25) is 0 Å². The SMILES string of the molecule is CN=C(NCCN1CCCN(C)CC1)NCC1(c2ccccc2)CCC1. The molecule has 1 heterocycles. The summed E-state index contributed by atoms with van der Waals surface area (Å²) in [5, 5.41) is 7.08. The van der Waals surface area contributed by atoms with E-state index in [1.807, 2.05) is 7.05 Å². The highest BCUT2D eigenvalue weighted by atomic mass is 15.2. The number of likely N-dealkylation sites (N-methyl/N-ethyl adjacent to an activating group) is 1. The van der Waals surface area contributed by atoms with Crippen molar-refractivity contribution in [2.75, 3.05) is 59.9 Å². The fourth-order valence-electron chi connectivity index (χ4n) is 4.09. The standard InChI is InChI=1S/C21H35N5/c1-22-20(23-12-15-26-14-7-13-25(2)16-17-26)24-18-21(10-6-11-21)19-8-4-3-5-9-19/h3-5,8-9H,6-7,10-18H2,1-2H3,(H2,22,23,24). The third kappa shape index (κ3) is 4.98. The summed E-state index contributed by atoms with van der Waals surface area (Å²) >= 11 is 0. The average molecular weight is 358 g/mol. The van der Waals surface area contributed by atoms with Crippen LogP contribution in [-0.4, -0.2) is 75.7 Å². The van der Waals surface area contributed by atoms with E-state index in [9.17, 15) is 0 Å². The molecule has 1 saturated heterocycles. The molecular weight excluding hydrogens is 322 g/mol. The Balaban J connectivity index is 1.43. The lowest BCUT2D eigenvalue weighted by Gasteiger charge is -2.43. The summed E-state index contributed by atoms with van der Waals surface area (Å²) in [6.07, 6.45) is 5.12. The summed E-state index contributed by atoms with van der Waals surface area (Å²) in [4.78, 5) is 9.41. The molecule has 1 aliphatic carbocycles. The molecule has 1 aliphatic heterocycles. The third-order valence-corrected chi connectivity index (χ3v) is 6.05. The molecule has 2 aliphatic rings. The van der Waals surface area contributed by atoms with Gasteiger partial charge in [-0.25, -0.2) is 0 Å². The van der Waals surface area contributed by atoms with Crippen molar-refractivity contribution in [3.8, 4) is 0 Å². The van der Waals surface area contributed by atoms with Gasteiger partial charge in [-0.05, 0) is 45.0 Å². The maximum atomic E-state index is 4.42. The van der Waals surface area contributed by atoms with Crippen LogP contribution >= 0.6 is 0 Å². The van der Waals surface area contributed by atoms with Gasteiger partial charge in [0.15, 0.2) is 5.96 Å². The fraction of sp³-hybridized carbons (Fsp3) is 0.667. The molecule has 0 amide bonds. The zero-order valence-corrected chi connectivity index (χ0v) is 16.5. The van der Waals surface area contributed by atoms with Crippen LogP contribution in [0.1, 0.15) is 31.2 Å². The lowest BCUT2D eigenvalue weighted by atomic mass is 9.64. The van der Waals surface area contributed by atoms with Crippen molar-refractivity contribution in [3.63, 3.8) is 0 Å². The van der Waals surface area contributed by atoms with E-state index < -0.39 is 0 Å². The summed E-state index contributed by atoms with van der Waals surface area (Å²) in [7, 11) is 4.09. The summed E-state index contributed by atoms with van der Waals surface area (Å²) < 4.78 is 0. The Morgan fingerprint density at radius 3 is 2.54 bits per heavy atom. The molecule has 5 heteroatoms. The van der Waals surface area contributed by atoms with Gasteiger partial charge in [0, 0.05) is 45.2 Å². The Labute approximate surface area is 158 Å². The second-order valence-electron chi connectivity index (χ2n) is 7.85. The first-order valence-corrected chi connectivity index (χ1v) is 10.1. The second-order valence-corrected chi connectivity index (χ2v) is 7.85. The predicted molar refractivity (Wildman–Crippen MR) is 110 cm³/mol. The average Bonchev–Trinajstić information content (AvgIpc) is 2.84. The first kappa shape index (κ1) is 19.2. The van der Waals surface area contributed by atoms with Crippen LogP contribution in [-0.2, 0) is 5.41 Å². The third-order valence-electron chi connectivity index (χ3n) is 6.05. The van der Waals surface area contributed by atoms with Gasteiger partial charge in [0.25, 0.3) is 0 Å². The zero-order chi connectivity index (χ0) is 18.2. The Kier molecular flexibility index (Phi) is 6.92. The molecule has 0 bridgehead atoms. The molecule has 0 unspecified atom stereocenters. The number of benzene rings is 1. The largest absolute Gasteiger partial charge is 0.356 e. The summed E-state index contributed by atoms with van der Waals surface area (Å²) in [6, 6.07) is 11.0. The molecule has 5 nitrogen and oxygen atoms in total. The highest BCUT2D eigenvalue weighted by Gasteiger charge is 2.38. The molecule has 2 fully saturated rings. The molecule has 0 aromatic heterocycles. The van der Waals surface area contributed by atoms with E-state index >= 15 is 0 Å². The van der Waals surface area contributed by atoms with Gasteiger partial charge in [-0.2, -0.15) is 0 Å². The molecule has 0 spiro atoms. The molecule has 0 radical (unpaired) electrons. The highest BCUT2D eigenvalue weighted by Crippen LogP contribution is 2.43. The minimum Gasteiger partial charge on any atom is -0.356 e. The number of aliphatic imine (C=N–C) groups is 1. The summed E-state index contributed by atoms with van der Waals surface area (Å²) in [5.41, 5.74) is 1.75. The molecule has 1 saturated carbocycles. The van der Waals surface area contributed by atoms with Gasteiger partial charge in [-0.15, -0.1) is 0 Å². The second kappa shape index (κ2) is 9.38. The summed E-state index contributed by atoms with van der Waals surface area (Å²) in [6.45, 7) is 7.75. The van der Waals surface area contributed by atoms with Crippen molar-refractivity contribution >= 4 is 5.96 Å². The molecule has 144 valence electrons. The van der Waals surface area contributed by atoms with Crippen LogP contribution in [0.4, 0.5) is 0 Å². The van der Waals surface area contributed by atoms with Crippen LogP contribution in [0, 0.1) is 0 Å². The van der Waals surface area contributed by atoms with Crippen LogP contribution in [0.2, 0.25) is 0 Å². The minimum absolute atomic E-state index is 0.286. The van der Waals surface area contributed by atoms with Gasteiger partial charge in [0.1, 0.15) is 0 Å². The molecular formula is C21H35N5. The van der Waals surface area contributed by atoms with E-state index in [2.05, 4.69) is 62.8 Å². The van der Waals surface area contributed by atoms with Crippen LogP contribution in [0.5, 0.6) is 0 Å². The van der Waals surface area contributed by atoms with E-state index in [1.54, 1.807) is 0 Å².